The molecule has 1 aromatic rings. The summed E-state index contributed by atoms with van der Waals surface area (Å²) in [4.78, 5) is 0. The smallest absolute Gasteiger partial charge is 0.0609 e. The van der Waals surface area contributed by atoms with E-state index in [1.54, 1.807) is 0 Å². The normalized spacial score (nSPS) is 12.9. The molecule has 1 heteroatoms. The van der Waals surface area contributed by atoms with Gasteiger partial charge >= 0.3 is 0 Å². The Balaban J connectivity index is 2.79. The van der Waals surface area contributed by atoms with Gasteiger partial charge in [0.15, 0.2) is 0 Å². The van der Waals surface area contributed by atoms with E-state index in [0.717, 1.165) is 0 Å². The van der Waals surface area contributed by atoms with Crippen LogP contribution in [0.3, 0.4) is 0 Å². The van der Waals surface area contributed by atoms with Crippen LogP contribution in [0, 0.1) is 6.04 Å². The average Bonchev–Trinajstić information content (AvgIpc) is 2.03. The van der Waals surface area contributed by atoms with Gasteiger partial charge < -0.3 is 0 Å². The lowest BCUT2D eigenvalue weighted by molar-refractivity contribution is 0.725. The Bertz CT molecular complexity index is 280. The molecule has 0 bridgehead atoms. The van der Waals surface area contributed by atoms with Gasteiger partial charge in [-0.05, 0) is 16.6 Å². The number of rotatable bonds is 2. The third kappa shape index (κ3) is 2.71. The van der Waals surface area contributed by atoms with E-state index in [9.17, 15) is 0 Å². The van der Waals surface area contributed by atoms with Gasteiger partial charge in [-0.1, -0.05) is 64.2 Å². The van der Waals surface area contributed by atoms with E-state index in [1.165, 1.54) is 5.56 Å². The van der Waals surface area contributed by atoms with Gasteiger partial charge in [-0.3, -0.25) is 0 Å². The van der Waals surface area contributed by atoms with Crippen molar-refractivity contribution in [1.29, 1.82) is 0 Å². The number of hydrogen-bond donors (Lipinski definition) is 0. The molecule has 0 amide bonds. The first-order valence-corrected chi connectivity index (χ1v) is 8.32. The van der Waals surface area contributed by atoms with Gasteiger partial charge in [0.25, 0.3) is 0 Å². The summed E-state index contributed by atoms with van der Waals surface area (Å²) in [5, 5.41) is 0.433. The van der Waals surface area contributed by atoms with Crippen LogP contribution in [0.2, 0.25) is 18.1 Å². The molecule has 0 unspecified atom stereocenters. The van der Waals surface area contributed by atoms with E-state index in [2.05, 4.69) is 70.2 Å². The molecule has 0 heterocycles. The van der Waals surface area contributed by atoms with Crippen LogP contribution in [0.15, 0.2) is 30.3 Å². The van der Waals surface area contributed by atoms with Crippen LogP contribution in [0.4, 0.5) is 0 Å². The van der Waals surface area contributed by atoms with Gasteiger partial charge in [-0.2, -0.15) is 0 Å². The first-order valence-electron chi connectivity index (χ1n) is 5.24. The van der Waals surface area contributed by atoms with Crippen LogP contribution >= 0.6 is 0 Å². The molecule has 1 aromatic carbocycles. The second kappa shape index (κ2) is 3.89. The number of hydrogen-bond acceptors (Lipinski definition) is 0. The lowest BCUT2D eigenvalue weighted by Crippen LogP contribution is -2.38. The minimum Gasteiger partial charge on any atom is -0.0685 e. The van der Waals surface area contributed by atoms with E-state index >= 15 is 0 Å². The molecule has 0 saturated heterocycles. The van der Waals surface area contributed by atoms with Gasteiger partial charge in [0.2, 0.25) is 0 Å². The Kier molecular flexibility index (Phi) is 3.20. The van der Waals surface area contributed by atoms with Crippen molar-refractivity contribution in [2.45, 2.75) is 38.9 Å². The fourth-order valence-electron chi connectivity index (χ4n) is 1.18. The summed E-state index contributed by atoms with van der Waals surface area (Å²) in [7, 11) is -1.27. The molecule has 0 atom stereocenters. The maximum absolute atomic E-state index is 2.49. The van der Waals surface area contributed by atoms with Crippen molar-refractivity contribution in [1.82, 2.24) is 0 Å². The fourth-order valence-corrected chi connectivity index (χ4v) is 2.64. The van der Waals surface area contributed by atoms with Crippen molar-refractivity contribution in [3.05, 3.63) is 41.9 Å². The highest BCUT2D eigenvalue weighted by Crippen LogP contribution is 2.38. The van der Waals surface area contributed by atoms with Crippen LogP contribution in [0.1, 0.15) is 26.3 Å². The van der Waals surface area contributed by atoms with Crippen LogP contribution in [0.5, 0.6) is 0 Å². The van der Waals surface area contributed by atoms with Crippen molar-refractivity contribution in [3.8, 4) is 0 Å². The topological polar surface area (TPSA) is 0 Å². The highest BCUT2D eigenvalue weighted by atomic mass is 28.3. The zero-order chi connectivity index (χ0) is 10.8. The fraction of sp³-hybridized carbons (Fsp3) is 0.462. The molecule has 0 saturated carbocycles. The highest BCUT2D eigenvalue weighted by molar-refractivity contribution is 6.84. The Morgan fingerprint density at radius 3 is 1.93 bits per heavy atom. The summed E-state index contributed by atoms with van der Waals surface area (Å²) in [6, 6.07) is 13.2. The lowest BCUT2D eigenvalue weighted by Gasteiger charge is -2.36. The number of benzene rings is 1. The van der Waals surface area contributed by atoms with Crippen LogP contribution in [-0.4, -0.2) is 8.07 Å². The summed E-state index contributed by atoms with van der Waals surface area (Å²) >= 11 is 0. The molecular formula is C13H21Si. The minimum absolute atomic E-state index is 0.433. The van der Waals surface area contributed by atoms with Gasteiger partial charge in [0, 0.05) is 0 Å². The second-order valence-corrected chi connectivity index (χ2v) is 10.8. The molecule has 0 nitrogen and oxygen atoms in total. The Morgan fingerprint density at radius 2 is 1.50 bits per heavy atom. The molecule has 14 heavy (non-hydrogen) atoms. The van der Waals surface area contributed by atoms with E-state index < -0.39 is 8.07 Å². The largest absolute Gasteiger partial charge is 0.0685 e. The first kappa shape index (κ1) is 11.5. The molecule has 0 fully saturated rings. The SMILES string of the molecule is CC(C)(C)[Si](C)(C)[CH]c1ccccc1. The molecule has 1 radical (unpaired) electrons. The van der Waals surface area contributed by atoms with Crippen molar-refractivity contribution in [2.24, 2.45) is 0 Å². The van der Waals surface area contributed by atoms with Gasteiger partial charge in [-0.25, -0.2) is 0 Å². The predicted molar refractivity (Wildman–Crippen MR) is 67.0 cm³/mol. The summed E-state index contributed by atoms with van der Waals surface area (Å²) in [6.45, 7) is 11.9. The van der Waals surface area contributed by atoms with Gasteiger partial charge in [0.1, 0.15) is 0 Å². The maximum Gasteiger partial charge on any atom is 0.0609 e. The van der Waals surface area contributed by atoms with Crippen LogP contribution < -0.4 is 0 Å². The molecule has 1 rings (SSSR count). The van der Waals surface area contributed by atoms with E-state index in [0.29, 0.717) is 5.04 Å². The van der Waals surface area contributed by atoms with E-state index in [1.807, 2.05) is 0 Å². The van der Waals surface area contributed by atoms with Crippen molar-refractivity contribution in [2.75, 3.05) is 0 Å². The van der Waals surface area contributed by atoms with Gasteiger partial charge in [-0.15, -0.1) is 0 Å². The Labute approximate surface area is 89.4 Å². The molecule has 0 aliphatic rings. The molecule has 0 aromatic heterocycles. The van der Waals surface area contributed by atoms with Crippen molar-refractivity contribution >= 4 is 8.07 Å². The summed E-state index contributed by atoms with van der Waals surface area (Å²) in [5.74, 6) is 0. The zero-order valence-electron chi connectivity index (χ0n) is 9.96. The van der Waals surface area contributed by atoms with E-state index in [-0.39, 0.29) is 0 Å². The van der Waals surface area contributed by atoms with Crippen molar-refractivity contribution < 1.29 is 0 Å². The van der Waals surface area contributed by atoms with E-state index in [4.69, 9.17) is 0 Å². The van der Waals surface area contributed by atoms with Crippen LogP contribution in [0.25, 0.3) is 0 Å². The summed E-state index contributed by atoms with van der Waals surface area (Å²) in [5.41, 5.74) is 1.37. The van der Waals surface area contributed by atoms with Gasteiger partial charge in [0.05, 0.1) is 8.07 Å². The average molecular weight is 205 g/mol. The molecule has 0 aliphatic carbocycles. The molecule has 77 valence electrons. The third-order valence-electron chi connectivity index (χ3n) is 3.26. The monoisotopic (exact) mass is 205 g/mol. The maximum atomic E-state index is 2.49. The second-order valence-electron chi connectivity index (χ2n) is 5.53. The van der Waals surface area contributed by atoms with Crippen molar-refractivity contribution in [3.63, 3.8) is 0 Å². The summed E-state index contributed by atoms with van der Waals surface area (Å²) < 4.78 is 0. The molecule has 0 spiro atoms. The lowest BCUT2D eigenvalue weighted by atomic mass is 10.2. The predicted octanol–water partition coefficient (Wildman–Crippen LogP) is 4.29. The standard InChI is InChI=1S/C13H21Si/c1-13(2,3)14(4,5)11-12-9-7-6-8-10-12/h6-11H,1-5H3. The quantitative estimate of drug-likeness (QED) is 0.632. The van der Waals surface area contributed by atoms with Crippen LogP contribution in [-0.2, 0) is 0 Å². The third-order valence-corrected chi connectivity index (χ3v) is 8.18. The zero-order valence-corrected chi connectivity index (χ0v) is 11.0. The molecule has 0 N–H and O–H groups in total. The Hall–Kier alpha value is -0.563. The summed E-state index contributed by atoms with van der Waals surface area (Å²) in [6.07, 6.45) is 0. The minimum atomic E-state index is -1.27. The Morgan fingerprint density at radius 1 is 1.00 bits per heavy atom. The molecular weight excluding hydrogens is 184 g/mol. The molecule has 0 aliphatic heterocycles. The first-order chi connectivity index (χ1) is 6.33. The highest BCUT2D eigenvalue weighted by Gasteiger charge is 2.34.